The molecule has 128 valence electrons. The van der Waals surface area contributed by atoms with E-state index in [2.05, 4.69) is 0 Å². The summed E-state index contributed by atoms with van der Waals surface area (Å²) < 4.78 is 33.5. The van der Waals surface area contributed by atoms with Crippen molar-refractivity contribution in [1.82, 2.24) is 0 Å². The number of ether oxygens (including phenoxy) is 1. The summed E-state index contributed by atoms with van der Waals surface area (Å²) in [6.45, 7) is 2.22. The summed E-state index contributed by atoms with van der Waals surface area (Å²) in [4.78, 5) is 12.1. The van der Waals surface area contributed by atoms with Gasteiger partial charge in [-0.3, -0.25) is 0 Å². The number of rotatable bonds is 5. The van der Waals surface area contributed by atoms with Crippen LogP contribution in [0.3, 0.4) is 0 Å². The lowest BCUT2D eigenvalue weighted by Crippen LogP contribution is -1.99. The molecule has 0 aliphatic rings. The Morgan fingerprint density at radius 3 is 2.52 bits per heavy atom. The molecule has 6 heteroatoms. The van der Waals surface area contributed by atoms with Crippen molar-refractivity contribution in [2.24, 2.45) is 0 Å². The van der Waals surface area contributed by atoms with E-state index in [-0.39, 0.29) is 11.1 Å². The van der Waals surface area contributed by atoms with Crippen LogP contribution in [-0.2, 0) is 0 Å². The van der Waals surface area contributed by atoms with Crippen molar-refractivity contribution in [2.45, 2.75) is 6.92 Å². The van der Waals surface area contributed by atoms with Gasteiger partial charge in [0.25, 0.3) is 0 Å². The first kappa shape index (κ1) is 17.1. The maximum Gasteiger partial charge on any atom is 0.336 e. The minimum atomic E-state index is -1.09. The van der Waals surface area contributed by atoms with E-state index >= 15 is 0 Å². The lowest BCUT2D eigenvalue weighted by atomic mass is 9.99. The van der Waals surface area contributed by atoms with Crippen LogP contribution in [0.4, 0.5) is 8.78 Å². The van der Waals surface area contributed by atoms with Crippen molar-refractivity contribution < 1.29 is 23.4 Å². The molecule has 2 aromatic carbocycles. The second kappa shape index (κ2) is 7.03. The van der Waals surface area contributed by atoms with Crippen molar-refractivity contribution in [1.29, 1.82) is 0 Å². The van der Waals surface area contributed by atoms with Crippen LogP contribution in [-0.4, -0.2) is 17.7 Å². The Labute approximate surface area is 147 Å². The molecule has 0 amide bonds. The Morgan fingerprint density at radius 1 is 1.08 bits per heavy atom. The molecule has 0 aliphatic carbocycles. The van der Waals surface area contributed by atoms with E-state index < -0.39 is 17.6 Å². The fourth-order valence-electron chi connectivity index (χ4n) is 2.56. The Balaban J connectivity index is 2.27. The number of hydrogen-bond acceptors (Lipinski definition) is 3. The molecule has 0 fully saturated rings. The molecule has 0 saturated heterocycles. The third kappa shape index (κ3) is 3.25. The summed E-state index contributed by atoms with van der Waals surface area (Å²) in [7, 11) is 0. The van der Waals surface area contributed by atoms with Crippen molar-refractivity contribution in [2.75, 3.05) is 6.61 Å². The number of carboxylic acids is 1. The molecule has 0 unspecified atom stereocenters. The number of aromatic carboxylic acids is 1. The minimum Gasteiger partial charge on any atom is -0.484 e. The molecule has 0 saturated carbocycles. The van der Waals surface area contributed by atoms with E-state index in [0.717, 1.165) is 6.07 Å². The predicted molar refractivity (Wildman–Crippen MR) is 93.2 cm³/mol. The lowest BCUT2D eigenvalue weighted by molar-refractivity contribution is 0.0698. The van der Waals surface area contributed by atoms with Crippen LogP contribution in [0.25, 0.3) is 21.6 Å². The first-order valence-electron chi connectivity index (χ1n) is 7.56. The molecular weight excluding hydrogens is 346 g/mol. The van der Waals surface area contributed by atoms with Gasteiger partial charge in [0, 0.05) is 27.6 Å². The Kier molecular flexibility index (Phi) is 4.81. The summed E-state index contributed by atoms with van der Waals surface area (Å²) in [5.74, 6) is -3.02. The van der Waals surface area contributed by atoms with E-state index in [9.17, 15) is 18.7 Å². The zero-order valence-corrected chi connectivity index (χ0v) is 14.1. The van der Waals surface area contributed by atoms with Crippen LogP contribution in [0.5, 0.6) is 5.06 Å². The first-order valence-corrected chi connectivity index (χ1v) is 8.38. The van der Waals surface area contributed by atoms with Crippen LogP contribution in [0, 0.1) is 11.6 Å². The quantitative estimate of drug-likeness (QED) is 0.657. The number of carbonyl (C=O) groups is 1. The smallest absolute Gasteiger partial charge is 0.336 e. The van der Waals surface area contributed by atoms with Crippen LogP contribution < -0.4 is 4.74 Å². The van der Waals surface area contributed by atoms with Crippen molar-refractivity contribution in [3.05, 3.63) is 65.7 Å². The molecular formula is C19H14F2O3S. The monoisotopic (exact) mass is 360 g/mol. The Morgan fingerprint density at radius 2 is 1.80 bits per heavy atom. The van der Waals surface area contributed by atoms with Gasteiger partial charge in [0.05, 0.1) is 12.2 Å². The molecule has 0 spiro atoms. The van der Waals surface area contributed by atoms with Gasteiger partial charge in [0.15, 0.2) is 16.7 Å². The number of hydrogen-bond donors (Lipinski definition) is 1. The Bertz CT molecular complexity index is 934. The zero-order valence-electron chi connectivity index (χ0n) is 13.3. The molecule has 0 radical (unpaired) electrons. The average molecular weight is 360 g/mol. The summed E-state index contributed by atoms with van der Waals surface area (Å²) in [6.07, 6.45) is 0. The first-order chi connectivity index (χ1) is 12.0. The van der Waals surface area contributed by atoms with E-state index in [1.807, 2.05) is 6.92 Å². The topological polar surface area (TPSA) is 46.5 Å². The van der Waals surface area contributed by atoms with Gasteiger partial charge in [-0.15, -0.1) is 0 Å². The molecule has 1 aromatic heterocycles. The maximum absolute atomic E-state index is 14.3. The summed E-state index contributed by atoms with van der Waals surface area (Å²) in [5.41, 5.74) is 0.992. The van der Waals surface area contributed by atoms with Gasteiger partial charge in [0.2, 0.25) is 0 Å². The van der Waals surface area contributed by atoms with Gasteiger partial charge in [-0.05, 0) is 19.1 Å². The average Bonchev–Trinajstić information content (AvgIpc) is 3.01. The Hall–Kier alpha value is -2.73. The molecule has 25 heavy (non-hydrogen) atoms. The molecule has 3 aromatic rings. The second-order valence-corrected chi connectivity index (χ2v) is 6.21. The third-order valence-corrected chi connectivity index (χ3v) is 4.72. The highest BCUT2D eigenvalue weighted by atomic mass is 32.1. The second-order valence-electron chi connectivity index (χ2n) is 5.19. The molecule has 0 atom stereocenters. The van der Waals surface area contributed by atoms with Gasteiger partial charge >= 0.3 is 5.97 Å². The summed E-state index contributed by atoms with van der Waals surface area (Å²) >= 11 is 1.20. The molecule has 3 rings (SSSR count). The number of carboxylic acid groups (broad SMARTS) is 1. The largest absolute Gasteiger partial charge is 0.484 e. The van der Waals surface area contributed by atoms with Gasteiger partial charge in [0.1, 0.15) is 0 Å². The van der Waals surface area contributed by atoms with Crippen LogP contribution >= 0.6 is 11.3 Å². The van der Waals surface area contributed by atoms with Gasteiger partial charge < -0.3 is 9.84 Å². The fourth-order valence-corrected chi connectivity index (χ4v) is 3.68. The summed E-state index contributed by atoms with van der Waals surface area (Å²) in [6, 6.07) is 12.0. The molecule has 1 heterocycles. The third-order valence-electron chi connectivity index (χ3n) is 3.64. The van der Waals surface area contributed by atoms with Crippen LogP contribution in [0.15, 0.2) is 48.5 Å². The molecule has 0 aliphatic heterocycles. The SMILES string of the molecule is CCOc1cc(-c2cccc(F)c2F)c(-c2ccccc2C(=O)O)s1. The van der Waals surface area contributed by atoms with Gasteiger partial charge in [-0.1, -0.05) is 41.7 Å². The van der Waals surface area contributed by atoms with Crippen molar-refractivity contribution >= 4 is 17.3 Å². The van der Waals surface area contributed by atoms with Crippen LogP contribution in [0.1, 0.15) is 17.3 Å². The van der Waals surface area contributed by atoms with Gasteiger partial charge in [-0.25, -0.2) is 13.6 Å². The maximum atomic E-state index is 14.3. The van der Waals surface area contributed by atoms with Crippen molar-refractivity contribution in [3.8, 4) is 26.6 Å². The highest BCUT2D eigenvalue weighted by molar-refractivity contribution is 7.18. The number of benzene rings is 2. The van der Waals surface area contributed by atoms with Gasteiger partial charge in [-0.2, -0.15) is 0 Å². The lowest BCUT2D eigenvalue weighted by Gasteiger charge is -2.08. The van der Waals surface area contributed by atoms with E-state index in [1.54, 1.807) is 24.3 Å². The van der Waals surface area contributed by atoms with E-state index in [0.29, 0.717) is 27.7 Å². The zero-order chi connectivity index (χ0) is 18.0. The van der Waals surface area contributed by atoms with Crippen LogP contribution in [0.2, 0.25) is 0 Å². The summed E-state index contributed by atoms with van der Waals surface area (Å²) in [5, 5.41) is 9.95. The number of halogens is 2. The standard InChI is InChI=1S/C19H14F2O3S/c1-2-24-16-10-14(11-8-5-9-15(20)17(11)21)18(25-16)12-6-3-4-7-13(12)19(22)23/h3-10H,2H2,1H3,(H,22,23). The highest BCUT2D eigenvalue weighted by Crippen LogP contribution is 2.45. The number of thiophene rings is 1. The highest BCUT2D eigenvalue weighted by Gasteiger charge is 2.21. The van der Waals surface area contributed by atoms with Crippen molar-refractivity contribution in [3.63, 3.8) is 0 Å². The predicted octanol–water partition coefficient (Wildman–Crippen LogP) is 5.46. The minimum absolute atomic E-state index is 0.0670. The fraction of sp³-hybridized carbons (Fsp3) is 0.105. The molecule has 3 nitrogen and oxygen atoms in total. The van der Waals surface area contributed by atoms with E-state index in [1.165, 1.54) is 29.5 Å². The normalized spacial score (nSPS) is 10.7. The molecule has 1 N–H and O–H groups in total. The van der Waals surface area contributed by atoms with E-state index in [4.69, 9.17) is 4.74 Å². The molecule has 0 bridgehead atoms.